The van der Waals surface area contributed by atoms with Gasteiger partial charge in [-0.2, -0.15) is 0 Å². The monoisotopic (exact) mass is 343 g/mol. The Kier molecular flexibility index (Phi) is 4.90. The number of carbonyl (C=O) groups is 1. The minimum atomic E-state index is -0.374. The van der Waals surface area contributed by atoms with E-state index in [0.717, 1.165) is 5.56 Å². The van der Waals surface area contributed by atoms with Crippen molar-refractivity contribution in [3.05, 3.63) is 65.5 Å². The first-order chi connectivity index (χ1) is 11.7. The molecule has 0 aliphatic rings. The van der Waals surface area contributed by atoms with E-state index in [4.69, 9.17) is 4.74 Å². The van der Waals surface area contributed by atoms with Crippen LogP contribution < -0.4 is 0 Å². The van der Waals surface area contributed by atoms with Gasteiger partial charge in [0.05, 0.1) is 18.2 Å². The standard InChI is InChI=1S/C17H14FN3O2S/c1-23-16(22)12-6-4-5-11(9-12)10-24-17-19-15(20-21-17)13-7-2-3-8-14(13)18/h2-9H,10H2,1H3,(H,19,20,21). The molecule has 1 aromatic heterocycles. The lowest BCUT2D eigenvalue weighted by atomic mass is 10.1. The van der Waals surface area contributed by atoms with Crippen LogP contribution in [0.5, 0.6) is 0 Å². The number of halogens is 1. The summed E-state index contributed by atoms with van der Waals surface area (Å²) in [5, 5.41) is 7.34. The molecule has 0 fully saturated rings. The quantitative estimate of drug-likeness (QED) is 0.565. The van der Waals surface area contributed by atoms with E-state index in [9.17, 15) is 9.18 Å². The highest BCUT2D eigenvalue weighted by Gasteiger charge is 2.11. The first-order valence-electron chi connectivity index (χ1n) is 7.14. The molecule has 122 valence electrons. The van der Waals surface area contributed by atoms with Gasteiger partial charge in [-0.1, -0.05) is 36.0 Å². The second-order valence-electron chi connectivity index (χ2n) is 4.93. The molecule has 3 aromatic rings. The molecule has 0 aliphatic carbocycles. The largest absolute Gasteiger partial charge is 0.465 e. The fourth-order valence-corrected chi connectivity index (χ4v) is 2.88. The molecular weight excluding hydrogens is 329 g/mol. The summed E-state index contributed by atoms with van der Waals surface area (Å²) < 4.78 is 18.5. The van der Waals surface area contributed by atoms with Crippen LogP contribution in [0.15, 0.2) is 53.7 Å². The Bertz CT molecular complexity index is 866. The van der Waals surface area contributed by atoms with Gasteiger partial charge in [-0.05, 0) is 29.8 Å². The van der Waals surface area contributed by atoms with Crippen molar-refractivity contribution in [2.24, 2.45) is 0 Å². The fourth-order valence-electron chi connectivity index (χ4n) is 2.14. The van der Waals surface area contributed by atoms with Gasteiger partial charge < -0.3 is 4.74 Å². The highest BCUT2D eigenvalue weighted by Crippen LogP contribution is 2.24. The number of rotatable bonds is 5. The molecule has 3 rings (SSSR count). The number of methoxy groups -OCH3 is 1. The lowest BCUT2D eigenvalue weighted by Crippen LogP contribution is -2.01. The molecule has 0 unspecified atom stereocenters. The number of hydrogen-bond donors (Lipinski definition) is 1. The first kappa shape index (κ1) is 16.2. The topological polar surface area (TPSA) is 67.9 Å². The molecular formula is C17H14FN3O2S. The van der Waals surface area contributed by atoms with Crippen molar-refractivity contribution in [1.29, 1.82) is 0 Å². The molecule has 1 heterocycles. The van der Waals surface area contributed by atoms with Gasteiger partial charge in [0.1, 0.15) is 5.82 Å². The molecule has 0 saturated heterocycles. The third-order valence-electron chi connectivity index (χ3n) is 3.31. The molecule has 5 nitrogen and oxygen atoms in total. The maximum Gasteiger partial charge on any atom is 0.337 e. The van der Waals surface area contributed by atoms with E-state index in [1.165, 1.54) is 24.9 Å². The van der Waals surface area contributed by atoms with Crippen LogP contribution in [0.4, 0.5) is 4.39 Å². The van der Waals surface area contributed by atoms with Gasteiger partial charge in [0, 0.05) is 5.75 Å². The summed E-state index contributed by atoms with van der Waals surface area (Å²) in [5.41, 5.74) is 1.82. The Morgan fingerprint density at radius 3 is 2.88 bits per heavy atom. The second-order valence-corrected chi connectivity index (χ2v) is 5.87. The molecule has 0 saturated carbocycles. The number of carbonyl (C=O) groups excluding carboxylic acids is 1. The molecule has 24 heavy (non-hydrogen) atoms. The Balaban J connectivity index is 1.70. The fraction of sp³-hybridized carbons (Fsp3) is 0.118. The number of aromatic amines is 1. The van der Waals surface area contributed by atoms with Gasteiger partial charge in [0.25, 0.3) is 0 Å². The number of H-pyrrole nitrogens is 1. The van der Waals surface area contributed by atoms with Crippen LogP contribution in [0, 0.1) is 5.82 Å². The summed E-state index contributed by atoms with van der Waals surface area (Å²) in [6, 6.07) is 13.6. The number of thioether (sulfide) groups is 1. The zero-order valence-corrected chi connectivity index (χ0v) is 13.6. The Morgan fingerprint density at radius 1 is 1.25 bits per heavy atom. The lowest BCUT2D eigenvalue weighted by Gasteiger charge is -2.02. The molecule has 0 aliphatic heterocycles. The molecule has 0 atom stereocenters. The molecule has 0 amide bonds. The maximum atomic E-state index is 13.8. The smallest absolute Gasteiger partial charge is 0.337 e. The van der Waals surface area contributed by atoms with Crippen molar-refractivity contribution in [2.45, 2.75) is 10.9 Å². The SMILES string of the molecule is COC(=O)c1cccc(CSc2n[nH]c(-c3ccccc3F)n2)c1. The maximum absolute atomic E-state index is 13.8. The predicted octanol–water partition coefficient (Wildman–Crippen LogP) is 3.69. The van der Waals surface area contributed by atoms with E-state index in [-0.39, 0.29) is 11.8 Å². The van der Waals surface area contributed by atoms with Crippen LogP contribution in [0.2, 0.25) is 0 Å². The van der Waals surface area contributed by atoms with Crippen molar-refractivity contribution in [3.8, 4) is 11.4 Å². The summed E-state index contributed by atoms with van der Waals surface area (Å²) in [6.45, 7) is 0. The van der Waals surface area contributed by atoms with Gasteiger partial charge in [-0.25, -0.2) is 14.2 Å². The Hall–Kier alpha value is -2.67. The predicted molar refractivity (Wildman–Crippen MR) is 89.1 cm³/mol. The summed E-state index contributed by atoms with van der Waals surface area (Å²) in [7, 11) is 1.35. The lowest BCUT2D eigenvalue weighted by molar-refractivity contribution is 0.0600. The summed E-state index contributed by atoms with van der Waals surface area (Å²) in [6.07, 6.45) is 0. The zero-order valence-electron chi connectivity index (χ0n) is 12.8. The highest BCUT2D eigenvalue weighted by atomic mass is 32.2. The number of benzene rings is 2. The summed E-state index contributed by atoms with van der Waals surface area (Å²) in [5.74, 6) is 0.246. The van der Waals surface area contributed by atoms with Gasteiger partial charge in [-0.15, -0.1) is 5.10 Å². The Labute approximate surface area is 142 Å². The van der Waals surface area contributed by atoms with Crippen LogP contribution in [-0.2, 0) is 10.5 Å². The number of esters is 1. The van der Waals surface area contributed by atoms with Crippen molar-refractivity contribution in [1.82, 2.24) is 15.2 Å². The normalized spacial score (nSPS) is 10.6. The van der Waals surface area contributed by atoms with Gasteiger partial charge >= 0.3 is 5.97 Å². The zero-order chi connectivity index (χ0) is 16.9. The second kappa shape index (κ2) is 7.27. The third kappa shape index (κ3) is 3.62. The van der Waals surface area contributed by atoms with E-state index >= 15 is 0 Å². The van der Waals surface area contributed by atoms with Crippen LogP contribution >= 0.6 is 11.8 Å². The summed E-state index contributed by atoms with van der Waals surface area (Å²) in [4.78, 5) is 15.8. The average Bonchev–Trinajstić information content (AvgIpc) is 3.08. The molecule has 0 bridgehead atoms. The molecule has 2 aromatic carbocycles. The van der Waals surface area contributed by atoms with Crippen LogP contribution in [0.1, 0.15) is 15.9 Å². The van der Waals surface area contributed by atoms with Crippen LogP contribution in [0.25, 0.3) is 11.4 Å². The molecule has 1 N–H and O–H groups in total. The first-order valence-corrected chi connectivity index (χ1v) is 8.13. The number of ether oxygens (including phenoxy) is 1. The van der Waals surface area contributed by atoms with Crippen LogP contribution in [-0.4, -0.2) is 28.3 Å². The van der Waals surface area contributed by atoms with E-state index in [0.29, 0.717) is 27.9 Å². The van der Waals surface area contributed by atoms with Gasteiger partial charge in [0.2, 0.25) is 5.16 Å². The highest BCUT2D eigenvalue weighted by molar-refractivity contribution is 7.98. The van der Waals surface area contributed by atoms with Crippen molar-refractivity contribution in [2.75, 3.05) is 7.11 Å². The summed E-state index contributed by atoms with van der Waals surface area (Å²) >= 11 is 1.39. The molecule has 0 radical (unpaired) electrons. The van der Waals surface area contributed by atoms with Crippen molar-refractivity contribution in [3.63, 3.8) is 0 Å². The van der Waals surface area contributed by atoms with E-state index in [2.05, 4.69) is 15.2 Å². The Morgan fingerprint density at radius 2 is 2.08 bits per heavy atom. The minimum Gasteiger partial charge on any atom is -0.465 e. The van der Waals surface area contributed by atoms with Crippen LogP contribution in [0.3, 0.4) is 0 Å². The van der Waals surface area contributed by atoms with E-state index in [1.807, 2.05) is 6.07 Å². The van der Waals surface area contributed by atoms with E-state index in [1.54, 1.807) is 36.4 Å². The number of nitrogens with one attached hydrogen (secondary N) is 1. The van der Waals surface area contributed by atoms with Gasteiger partial charge in [0.15, 0.2) is 5.82 Å². The van der Waals surface area contributed by atoms with Gasteiger partial charge in [-0.3, -0.25) is 5.10 Å². The van der Waals surface area contributed by atoms with E-state index < -0.39 is 0 Å². The number of aromatic nitrogens is 3. The third-order valence-corrected chi connectivity index (χ3v) is 4.23. The minimum absolute atomic E-state index is 0.351. The van der Waals surface area contributed by atoms with Crippen molar-refractivity contribution < 1.29 is 13.9 Å². The molecule has 7 heteroatoms. The molecule has 0 spiro atoms. The average molecular weight is 343 g/mol. The number of hydrogen-bond acceptors (Lipinski definition) is 5. The number of nitrogens with zero attached hydrogens (tertiary/aromatic N) is 2. The van der Waals surface area contributed by atoms with Crippen molar-refractivity contribution >= 4 is 17.7 Å².